The minimum Gasteiger partial charge on any atom is -0.454 e. The Labute approximate surface area is 150 Å². The minimum absolute atomic E-state index is 0.0674. The third-order valence-corrected chi connectivity index (χ3v) is 4.89. The number of ketones is 1. The van der Waals surface area contributed by atoms with Crippen LogP contribution in [0.15, 0.2) is 41.3 Å². The molecule has 0 aliphatic rings. The number of hydrogen-bond acceptors (Lipinski definition) is 5. The third-order valence-electron chi connectivity index (χ3n) is 3.50. The molecule has 0 saturated heterocycles. The summed E-state index contributed by atoms with van der Waals surface area (Å²) in [5.74, 6) is -1.20. The number of sulfonamides is 1. The molecule has 0 heterocycles. The van der Waals surface area contributed by atoms with Crippen LogP contribution in [0, 0.1) is 13.8 Å². The summed E-state index contributed by atoms with van der Waals surface area (Å²) in [5, 5.41) is 4.93. The van der Waals surface area contributed by atoms with Gasteiger partial charge in [0.2, 0.25) is 15.8 Å². The summed E-state index contributed by atoms with van der Waals surface area (Å²) in [6, 6.07) is 8.93. The molecule has 0 aliphatic carbocycles. The molecule has 0 aromatic heterocycles. The number of carbonyl (C=O) groups excluding carboxylic acids is 2. The molecular formula is C17H16ClNO5S. The number of ether oxygens (including phenoxy) is 1. The van der Waals surface area contributed by atoms with Crippen LogP contribution in [-0.4, -0.2) is 26.8 Å². The van der Waals surface area contributed by atoms with E-state index in [9.17, 15) is 18.0 Å². The quantitative estimate of drug-likeness (QED) is 0.633. The Kier molecular flexibility index (Phi) is 5.62. The van der Waals surface area contributed by atoms with Crippen molar-refractivity contribution in [2.45, 2.75) is 18.7 Å². The standard InChI is InChI=1S/C17H16ClNO5S/c1-10-3-4-11(2)13(7-10)15(20)9-24-17(21)12-5-6-14(18)16(8-12)25(19,22)23/h3-8H,9H2,1-2H3,(H2,19,22,23). The predicted octanol–water partition coefficient (Wildman–Crippen LogP) is 2.64. The number of rotatable bonds is 5. The van der Waals surface area contributed by atoms with Gasteiger partial charge in [-0.1, -0.05) is 29.3 Å². The molecule has 2 aromatic rings. The summed E-state index contributed by atoms with van der Waals surface area (Å²) in [5.41, 5.74) is 2.08. The van der Waals surface area contributed by atoms with Gasteiger partial charge in [-0.15, -0.1) is 0 Å². The molecule has 0 saturated carbocycles. The topological polar surface area (TPSA) is 104 Å². The normalized spacial score (nSPS) is 11.2. The van der Waals surface area contributed by atoms with E-state index in [1.165, 1.54) is 12.1 Å². The Bertz CT molecular complexity index is 954. The van der Waals surface area contributed by atoms with Gasteiger partial charge in [0, 0.05) is 5.56 Å². The van der Waals surface area contributed by atoms with Gasteiger partial charge in [0.15, 0.2) is 6.61 Å². The Morgan fingerprint density at radius 2 is 1.80 bits per heavy atom. The van der Waals surface area contributed by atoms with Crippen LogP contribution in [-0.2, 0) is 14.8 Å². The zero-order chi connectivity index (χ0) is 18.8. The molecule has 132 valence electrons. The molecule has 2 aromatic carbocycles. The van der Waals surface area contributed by atoms with E-state index in [2.05, 4.69) is 0 Å². The number of esters is 1. The van der Waals surface area contributed by atoms with Gasteiger partial charge in [0.25, 0.3) is 0 Å². The van der Waals surface area contributed by atoms with Crippen LogP contribution in [0.2, 0.25) is 5.02 Å². The fourth-order valence-corrected chi connectivity index (χ4v) is 3.25. The molecule has 0 spiro atoms. The lowest BCUT2D eigenvalue weighted by atomic mass is 10.0. The predicted molar refractivity (Wildman–Crippen MR) is 93.4 cm³/mol. The van der Waals surface area contributed by atoms with Crippen LogP contribution in [0.4, 0.5) is 0 Å². The molecule has 8 heteroatoms. The van der Waals surface area contributed by atoms with Crippen molar-refractivity contribution in [1.29, 1.82) is 0 Å². The highest BCUT2D eigenvalue weighted by atomic mass is 35.5. The van der Waals surface area contributed by atoms with Gasteiger partial charge >= 0.3 is 5.97 Å². The van der Waals surface area contributed by atoms with E-state index in [1.807, 2.05) is 19.1 Å². The summed E-state index contributed by atoms with van der Waals surface area (Å²) in [4.78, 5) is 23.9. The highest BCUT2D eigenvalue weighted by Crippen LogP contribution is 2.22. The van der Waals surface area contributed by atoms with E-state index >= 15 is 0 Å². The van der Waals surface area contributed by atoms with Gasteiger partial charge < -0.3 is 4.74 Å². The van der Waals surface area contributed by atoms with Gasteiger partial charge in [-0.25, -0.2) is 18.4 Å². The number of hydrogen-bond donors (Lipinski definition) is 1. The molecule has 0 bridgehead atoms. The third kappa shape index (κ3) is 4.66. The SMILES string of the molecule is Cc1ccc(C)c(C(=O)COC(=O)c2ccc(Cl)c(S(N)(=O)=O)c2)c1. The molecule has 0 unspecified atom stereocenters. The average molecular weight is 382 g/mol. The van der Waals surface area contributed by atoms with Gasteiger partial charge in [0.05, 0.1) is 10.6 Å². The number of benzene rings is 2. The smallest absolute Gasteiger partial charge is 0.338 e. The van der Waals surface area contributed by atoms with Crippen LogP contribution in [0.25, 0.3) is 0 Å². The van der Waals surface area contributed by atoms with Crippen molar-refractivity contribution in [2.24, 2.45) is 5.14 Å². The van der Waals surface area contributed by atoms with E-state index < -0.39 is 22.6 Å². The Morgan fingerprint density at radius 3 is 2.44 bits per heavy atom. The first kappa shape index (κ1) is 19.1. The van der Waals surface area contributed by atoms with Gasteiger partial charge in [-0.2, -0.15) is 0 Å². The van der Waals surface area contributed by atoms with Gasteiger partial charge in [-0.05, 0) is 43.7 Å². The summed E-state index contributed by atoms with van der Waals surface area (Å²) in [6.45, 7) is 3.17. The monoisotopic (exact) mass is 381 g/mol. The maximum Gasteiger partial charge on any atom is 0.338 e. The van der Waals surface area contributed by atoms with Crippen LogP contribution in [0.5, 0.6) is 0 Å². The molecule has 0 radical (unpaired) electrons. The van der Waals surface area contributed by atoms with Crippen molar-refractivity contribution < 1.29 is 22.7 Å². The average Bonchev–Trinajstić information content (AvgIpc) is 2.53. The van der Waals surface area contributed by atoms with E-state index in [1.54, 1.807) is 13.0 Å². The zero-order valence-corrected chi connectivity index (χ0v) is 15.1. The van der Waals surface area contributed by atoms with Crippen LogP contribution >= 0.6 is 11.6 Å². The Morgan fingerprint density at radius 1 is 1.12 bits per heavy atom. The fourth-order valence-electron chi connectivity index (χ4n) is 2.18. The van der Waals surface area contributed by atoms with Crippen molar-refractivity contribution in [3.8, 4) is 0 Å². The van der Waals surface area contributed by atoms with Gasteiger partial charge in [0.1, 0.15) is 4.90 Å². The number of halogens is 1. The zero-order valence-electron chi connectivity index (χ0n) is 13.6. The Hall–Kier alpha value is -2.22. The number of nitrogens with two attached hydrogens (primary N) is 1. The van der Waals surface area contributed by atoms with Crippen LogP contribution < -0.4 is 5.14 Å². The summed E-state index contributed by atoms with van der Waals surface area (Å²) < 4.78 is 27.9. The molecule has 6 nitrogen and oxygen atoms in total. The van der Waals surface area contributed by atoms with E-state index in [-0.39, 0.29) is 21.3 Å². The molecular weight excluding hydrogens is 366 g/mol. The summed E-state index contributed by atoms with van der Waals surface area (Å²) in [6.07, 6.45) is 0. The van der Waals surface area contributed by atoms with Gasteiger partial charge in [-0.3, -0.25) is 4.79 Å². The van der Waals surface area contributed by atoms with E-state index in [4.69, 9.17) is 21.5 Å². The molecule has 25 heavy (non-hydrogen) atoms. The lowest BCUT2D eigenvalue weighted by Crippen LogP contribution is -2.17. The van der Waals surface area contributed by atoms with Crippen molar-refractivity contribution in [1.82, 2.24) is 0 Å². The number of aryl methyl sites for hydroxylation is 2. The van der Waals surface area contributed by atoms with Crippen LogP contribution in [0.3, 0.4) is 0 Å². The lowest BCUT2D eigenvalue weighted by Gasteiger charge is -2.08. The lowest BCUT2D eigenvalue weighted by molar-refractivity contribution is 0.0474. The van der Waals surface area contributed by atoms with Crippen molar-refractivity contribution in [2.75, 3.05) is 6.61 Å². The first-order valence-electron chi connectivity index (χ1n) is 7.19. The van der Waals surface area contributed by atoms with Crippen molar-refractivity contribution in [3.05, 3.63) is 63.7 Å². The summed E-state index contributed by atoms with van der Waals surface area (Å²) >= 11 is 5.76. The number of carbonyl (C=O) groups is 2. The highest BCUT2D eigenvalue weighted by molar-refractivity contribution is 7.89. The minimum atomic E-state index is -4.08. The van der Waals surface area contributed by atoms with Crippen molar-refractivity contribution >= 4 is 33.4 Å². The molecule has 0 amide bonds. The van der Waals surface area contributed by atoms with E-state index in [0.717, 1.165) is 17.2 Å². The largest absolute Gasteiger partial charge is 0.454 e. The van der Waals surface area contributed by atoms with Crippen LogP contribution in [0.1, 0.15) is 31.8 Å². The van der Waals surface area contributed by atoms with Crippen molar-refractivity contribution in [3.63, 3.8) is 0 Å². The first-order valence-corrected chi connectivity index (χ1v) is 9.12. The molecule has 0 aliphatic heterocycles. The summed E-state index contributed by atoms with van der Waals surface area (Å²) in [7, 11) is -4.08. The second-order valence-electron chi connectivity index (χ2n) is 5.51. The molecule has 2 N–H and O–H groups in total. The maximum atomic E-state index is 12.2. The number of Topliss-reactive ketones (excluding diaryl/α,β-unsaturated/α-hetero) is 1. The highest BCUT2D eigenvalue weighted by Gasteiger charge is 2.18. The van der Waals surface area contributed by atoms with E-state index in [0.29, 0.717) is 5.56 Å². The fraction of sp³-hybridized carbons (Fsp3) is 0.176. The maximum absolute atomic E-state index is 12.2. The molecule has 0 atom stereocenters. The second-order valence-corrected chi connectivity index (χ2v) is 7.44. The number of primary sulfonamides is 1. The second kappa shape index (κ2) is 7.35. The first-order chi connectivity index (χ1) is 11.6. The molecule has 2 rings (SSSR count). The molecule has 0 fully saturated rings. The Balaban J connectivity index is 2.15.